The van der Waals surface area contributed by atoms with Crippen LogP contribution in [0, 0.1) is 0 Å². The van der Waals surface area contributed by atoms with Gasteiger partial charge in [0.15, 0.2) is 0 Å². The molecule has 4 nitrogen and oxygen atoms in total. The smallest absolute Gasteiger partial charge is 0.270 e. The van der Waals surface area contributed by atoms with Crippen molar-refractivity contribution in [3.05, 3.63) is 23.2 Å². The largest absolute Gasteiger partial charge is 0.339 e. The second-order valence-corrected chi connectivity index (χ2v) is 6.34. The van der Waals surface area contributed by atoms with Crippen LogP contribution in [0.4, 0.5) is 0 Å². The molecule has 2 aromatic rings. The number of fused-ring (bicyclic) bond motifs is 1. The van der Waals surface area contributed by atoms with Crippen LogP contribution in [-0.2, 0) is 7.05 Å². The number of rotatable bonds is 3. The number of nitrogens with zero attached hydrogens (tertiary/aromatic N) is 3. The van der Waals surface area contributed by atoms with Gasteiger partial charge in [-0.3, -0.25) is 9.69 Å². The van der Waals surface area contributed by atoms with Crippen LogP contribution in [0.3, 0.4) is 0 Å². The summed E-state index contributed by atoms with van der Waals surface area (Å²) in [5.41, 5.74) is 1.97. The predicted molar refractivity (Wildman–Crippen MR) is 83.4 cm³/mol. The van der Waals surface area contributed by atoms with Crippen LogP contribution >= 0.6 is 11.3 Å². The fourth-order valence-corrected chi connectivity index (χ4v) is 3.76. The minimum atomic E-state index is 0.173. The van der Waals surface area contributed by atoms with Crippen LogP contribution in [0.25, 0.3) is 10.2 Å². The van der Waals surface area contributed by atoms with E-state index in [4.69, 9.17) is 0 Å². The average molecular weight is 291 g/mol. The van der Waals surface area contributed by atoms with Crippen molar-refractivity contribution in [1.82, 2.24) is 14.4 Å². The van der Waals surface area contributed by atoms with Gasteiger partial charge in [0.2, 0.25) is 0 Å². The van der Waals surface area contributed by atoms with E-state index in [1.165, 1.54) is 11.1 Å². The lowest BCUT2D eigenvalue weighted by molar-refractivity contribution is 0.0628. The van der Waals surface area contributed by atoms with Crippen molar-refractivity contribution in [2.75, 3.05) is 32.7 Å². The van der Waals surface area contributed by atoms with Gasteiger partial charge in [-0.05, 0) is 30.5 Å². The normalized spacial score (nSPS) is 17.0. The number of amides is 1. The third kappa shape index (κ3) is 2.36. The lowest BCUT2D eigenvalue weighted by Gasteiger charge is -2.34. The van der Waals surface area contributed by atoms with Gasteiger partial charge in [-0.15, -0.1) is 11.3 Å². The van der Waals surface area contributed by atoms with Crippen molar-refractivity contribution in [3.63, 3.8) is 0 Å². The van der Waals surface area contributed by atoms with Gasteiger partial charge in [-0.25, -0.2) is 0 Å². The summed E-state index contributed by atoms with van der Waals surface area (Å²) in [6.45, 7) is 7.03. The highest BCUT2D eigenvalue weighted by atomic mass is 32.1. The van der Waals surface area contributed by atoms with Crippen LogP contribution in [0.15, 0.2) is 17.5 Å². The Morgan fingerprint density at radius 3 is 2.70 bits per heavy atom. The van der Waals surface area contributed by atoms with Crippen LogP contribution in [0.5, 0.6) is 0 Å². The van der Waals surface area contributed by atoms with Gasteiger partial charge in [-0.1, -0.05) is 6.92 Å². The monoisotopic (exact) mass is 291 g/mol. The third-order valence-corrected chi connectivity index (χ3v) is 4.94. The lowest BCUT2D eigenvalue weighted by Crippen LogP contribution is -2.49. The Balaban J connectivity index is 1.73. The number of thiophene rings is 1. The molecule has 3 heterocycles. The Hall–Kier alpha value is -1.33. The number of carbonyl (C=O) groups is 1. The van der Waals surface area contributed by atoms with Crippen molar-refractivity contribution >= 4 is 27.5 Å². The standard InChI is InChI=1S/C15H21N3OS/c1-3-5-17-6-8-18(9-7-17)15(19)13-11-14-12(16(13)2)4-10-20-14/h4,10-11H,3,5-9H2,1-2H3. The summed E-state index contributed by atoms with van der Waals surface area (Å²) in [7, 11) is 1.98. The number of aromatic nitrogens is 1. The summed E-state index contributed by atoms with van der Waals surface area (Å²) < 4.78 is 3.22. The molecule has 0 bridgehead atoms. The Labute approximate surface area is 123 Å². The first-order valence-corrected chi connectivity index (χ1v) is 8.13. The number of aryl methyl sites for hydroxylation is 1. The molecule has 1 aliphatic rings. The molecule has 3 rings (SSSR count). The zero-order valence-electron chi connectivity index (χ0n) is 12.1. The third-order valence-electron chi connectivity index (χ3n) is 4.08. The van der Waals surface area contributed by atoms with Crippen molar-refractivity contribution in [2.45, 2.75) is 13.3 Å². The molecular formula is C15H21N3OS. The Kier molecular flexibility index (Phi) is 3.81. The second-order valence-electron chi connectivity index (χ2n) is 5.39. The number of carbonyl (C=O) groups excluding carboxylic acids is 1. The molecular weight excluding hydrogens is 270 g/mol. The van der Waals surface area contributed by atoms with Crippen molar-refractivity contribution in [3.8, 4) is 0 Å². The van der Waals surface area contributed by atoms with E-state index in [2.05, 4.69) is 23.3 Å². The van der Waals surface area contributed by atoms with E-state index in [1.54, 1.807) is 11.3 Å². The first-order valence-electron chi connectivity index (χ1n) is 7.25. The highest BCUT2D eigenvalue weighted by Gasteiger charge is 2.24. The Morgan fingerprint density at radius 2 is 2.05 bits per heavy atom. The number of piperazine rings is 1. The Morgan fingerprint density at radius 1 is 1.30 bits per heavy atom. The molecule has 2 aromatic heterocycles. The fourth-order valence-electron chi connectivity index (χ4n) is 2.91. The van der Waals surface area contributed by atoms with Gasteiger partial charge in [-0.2, -0.15) is 0 Å². The van der Waals surface area contributed by atoms with Crippen LogP contribution in [0.2, 0.25) is 0 Å². The molecule has 5 heteroatoms. The maximum Gasteiger partial charge on any atom is 0.270 e. The summed E-state index contributed by atoms with van der Waals surface area (Å²) in [6.07, 6.45) is 1.18. The average Bonchev–Trinajstić information content (AvgIpc) is 3.03. The maximum atomic E-state index is 12.6. The van der Waals surface area contributed by atoms with Gasteiger partial charge < -0.3 is 9.47 Å². The molecule has 1 saturated heterocycles. The lowest BCUT2D eigenvalue weighted by atomic mass is 10.2. The Bertz CT molecular complexity index is 608. The van der Waals surface area contributed by atoms with Gasteiger partial charge in [0.05, 0.1) is 10.2 Å². The first kappa shape index (κ1) is 13.6. The molecule has 0 spiro atoms. The van der Waals surface area contributed by atoms with E-state index in [0.29, 0.717) is 0 Å². The molecule has 1 aliphatic heterocycles. The van der Waals surface area contributed by atoms with Gasteiger partial charge in [0.1, 0.15) is 5.69 Å². The molecule has 0 saturated carbocycles. The summed E-state index contributed by atoms with van der Waals surface area (Å²) in [5.74, 6) is 0.173. The fraction of sp³-hybridized carbons (Fsp3) is 0.533. The molecule has 1 amide bonds. The molecule has 0 aliphatic carbocycles. The molecule has 20 heavy (non-hydrogen) atoms. The van der Waals surface area contributed by atoms with Gasteiger partial charge in [0.25, 0.3) is 5.91 Å². The summed E-state index contributed by atoms with van der Waals surface area (Å²) in [5, 5.41) is 2.07. The maximum absolute atomic E-state index is 12.6. The minimum absolute atomic E-state index is 0.173. The van der Waals surface area contributed by atoms with E-state index in [9.17, 15) is 4.79 Å². The zero-order chi connectivity index (χ0) is 14.1. The van der Waals surface area contributed by atoms with Crippen LogP contribution in [0.1, 0.15) is 23.8 Å². The van der Waals surface area contributed by atoms with Crippen molar-refractivity contribution < 1.29 is 4.79 Å². The van der Waals surface area contributed by atoms with E-state index < -0.39 is 0 Å². The topological polar surface area (TPSA) is 28.5 Å². The van der Waals surface area contributed by atoms with Crippen LogP contribution in [-0.4, -0.2) is 53.0 Å². The van der Waals surface area contributed by atoms with E-state index in [1.807, 2.05) is 22.6 Å². The highest BCUT2D eigenvalue weighted by molar-refractivity contribution is 7.17. The van der Waals surface area contributed by atoms with Crippen molar-refractivity contribution in [2.24, 2.45) is 7.05 Å². The summed E-state index contributed by atoms with van der Waals surface area (Å²) in [4.78, 5) is 17.1. The first-order chi connectivity index (χ1) is 9.70. The minimum Gasteiger partial charge on any atom is -0.339 e. The van der Waals surface area contributed by atoms with Gasteiger partial charge in [0, 0.05) is 33.2 Å². The SMILES string of the molecule is CCCN1CCN(C(=O)c2cc3sccc3n2C)CC1. The molecule has 1 fully saturated rings. The van der Waals surface area contributed by atoms with E-state index in [0.717, 1.165) is 43.9 Å². The quantitative estimate of drug-likeness (QED) is 0.869. The summed E-state index contributed by atoms with van der Waals surface area (Å²) >= 11 is 1.69. The number of hydrogen-bond acceptors (Lipinski definition) is 3. The molecule has 0 radical (unpaired) electrons. The van der Waals surface area contributed by atoms with Crippen LogP contribution < -0.4 is 0 Å². The highest BCUT2D eigenvalue weighted by Crippen LogP contribution is 2.25. The summed E-state index contributed by atoms with van der Waals surface area (Å²) in [6, 6.07) is 4.11. The number of hydrogen-bond donors (Lipinski definition) is 0. The van der Waals surface area contributed by atoms with Gasteiger partial charge >= 0.3 is 0 Å². The molecule has 0 aromatic carbocycles. The molecule has 0 N–H and O–H groups in total. The molecule has 0 atom stereocenters. The predicted octanol–water partition coefficient (Wildman–Crippen LogP) is 2.41. The van der Waals surface area contributed by atoms with Crippen molar-refractivity contribution in [1.29, 1.82) is 0 Å². The van der Waals surface area contributed by atoms with E-state index in [-0.39, 0.29) is 5.91 Å². The molecule has 108 valence electrons. The molecule has 0 unspecified atom stereocenters. The van der Waals surface area contributed by atoms with E-state index >= 15 is 0 Å². The second kappa shape index (κ2) is 5.58. The zero-order valence-corrected chi connectivity index (χ0v) is 12.9.